The molecule has 4 N–H and O–H groups in total. The number of pyridine rings is 1. The minimum Gasteiger partial charge on any atom is -0.457 e. The Kier molecular flexibility index (Phi) is 7.43. The van der Waals surface area contributed by atoms with Crippen LogP contribution in [0.5, 0.6) is 11.5 Å². The number of benzene rings is 2. The largest absolute Gasteiger partial charge is 0.457 e. The molecule has 0 fully saturated rings. The molecule has 4 rings (SSSR count). The first-order valence-corrected chi connectivity index (χ1v) is 11.3. The number of aromatic nitrogens is 3. The van der Waals surface area contributed by atoms with Gasteiger partial charge in [0.05, 0.1) is 17.7 Å². The first kappa shape index (κ1) is 24.9. The van der Waals surface area contributed by atoms with Gasteiger partial charge in [-0.2, -0.15) is 0 Å². The molecular weight excluding hydrogens is 474 g/mol. The number of rotatable bonds is 7. The molecule has 0 unspecified atom stereocenters. The number of nitrogens with zero attached hydrogens (tertiary/aromatic N) is 3. The SMILES string of the molecule is CNC(=O)c1cc(Oc2ccc(NC(=O)Nc3cc(NC(C)=O)cc(-n4cnc(C)c4)c3)cc2)ccn1. The predicted octanol–water partition coefficient (Wildman–Crippen LogP) is 4.33. The average Bonchev–Trinajstić information content (AvgIpc) is 3.30. The Hall–Kier alpha value is -5.19. The molecule has 11 heteroatoms. The van der Waals surface area contributed by atoms with E-state index in [9.17, 15) is 14.4 Å². The summed E-state index contributed by atoms with van der Waals surface area (Å²) in [6.07, 6.45) is 4.98. The van der Waals surface area contributed by atoms with E-state index in [1.165, 1.54) is 26.2 Å². The summed E-state index contributed by atoms with van der Waals surface area (Å²) >= 11 is 0. The quantitative estimate of drug-likeness (QED) is 0.298. The van der Waals surface area contributed by atoms with E-state index in [1.807, 2.05) is 13.1 Å². The number of nitrogens with one attached hydrogen (secondary N) is 4. The summed E-state index contributed by atoms with van der Waals surface area (Å²) < 4.78 is 7.58. The molecule has 4 aromatic rings. The van der Waals surface area contributed by atoms with E-state index < -0.39 is 6.03 Å². The van der Waals surface area contributed by atoms with Crippen LogP contribution in [0, 0.1) is 6.92 Å². The number of imidazole rings is 1. The molecule has 0 atom stereocenters. The van der Waals surface area contributed by atoms with Gasteiger partial charge < -0.3 is 30.6 Å². The van der Waals surface area contributed by atoms with Crippen molar-refractivity contribution in [3.63, 3.8) is 0 Å². The molecule has 0 radical (unpaired) electrons. The second-order valence-corrected chi connectivity index (χ2v) is 8.03. The number of carbonyl (C=O) groups is 3. The monoisotopic (exact) mass is 499 g/mol. The summed E-state index contributed by atoms with van der Waals surface area (Å²) in [4.78, 5) is 44.2. The number of anilines is 3. The van der Waals surface area contributed by atoms with Gasteiger partial charge in [0.2, 0.25) is 5.91 Å². The molecule has 0 aliphatic carbocycles. The second-order valence-electron chi connectivity index (χ2n) is 8.03. The molecule has 2 heterocycles. The lowest BCUT2D eigenvalue weighted by Gasteiger charge is -2.13. The summed E-state index contributed by atoms with van der Waals surface area (Å²) in [6.45, 7) is 3.28. The van der Waals surface area contributed by atoms with E-state index in [-0.39, 0.29) is 17.5 Å². The average molecular weight is 500 g/mol. The lowest BCUT2D eigenvalue weighted by atomic mass is 10.2. The lowest BCUT2D eigenvalue weighted by molar-refractivity contribution is -0.114. The molecule has 2 aromatic carbocycles. The standard InChI is InChI=1S/C26H25N7O4/c1-16-14-33(15-29-16)21-11-19(30-17(2)34)10-20(12-21)32-26(36)31-18-4-6-22(7-5-18)37-23-8-9-28-24(13-23)25(35)27-3/h4-15H,1-3H3,(H,27,35)(H,30,34)(H2,31,32,36). The first-order chi connectivity index (χ1) is 17.8. The maximum atomic E-state index is 12.7. The fraction of sp³-hybridized carbons (Fsp3) is 0.115. The highest BCUT2D eigenvalue weighted by atomic mass is 16.5. The number of hydrogen-bond donors (Lipinski definition) is 4. The van der Waals surface area contributed by atoms with Crippen molar-refractivity contribution >= 4 is 34.9 Å². The molecule has 37 heavy (non-hydrogen) atoms. The molecule has 4 amide bonds. The summed E-state index contributed by atoms with van der Waals surface area (Å²) in [5.74, 6) is 0.428. The van der Waals surface area contributed by atoms with Gasteiger partial charge >= 0.3 is 6.03 Å². The molecule has 0 saturated heterocycles. The molecular formula is C26H25N7O4. The van der Waals surface area contributed by atoms with Gasteiger partial charge in [-0.25, -0.2) is 9.78 Å². The van der Waals surface area contributed by atoms with Gasteiger partial charge in [0.15, 0.2) is 0 Å². The van der Waals surface area contributed by atoms with Crippen LogP contribution in [0.25, 0.3) is 5.69 Å². The van der Waals surface area contributed by atoms with E-state index >= 15 is 0 Å². The minimum atomic E-state index is -0.467. The van der Waals surface area contributed by atoms with Crippen molar-refractivity contribution in [2.75, 3.05) is 23.0 Å². The Balaban J connectivity index is 1.43. The highest BCUT2D eigenvalue weighted by molar-refractivity contribution is 6.00. The number of urea groups is 1. The number of ether oxygens (including phenoxy) is 1. The second kappa shape index (κ2) is 11.0. The van der Waals surface area contributed by atoms with Crippen molar-refractivity contribution in [3.05, 3.63) is 84.7 Å². The van der Waals surface area contributed by atoms with Crippen LogP contribution in [0.3, 0.4) is 0 Å². The minimum absolute atomic E-state index is 0.228. The van der Waals surface area contributed by atoms with E-state index in [2.05, 4.69) is 31.2 Å². The Labute approximate surface area is 212 Å². The number of aryl methyl sites for hydroxylation is 1. The smallest absolute Gasteiger partial charge is 0.323 e. The van der Waals surface area contributed by atoms with Crippen molar-refractivity contribution < 1.29 is 19.1 Å². The summed E-state index contributed by atoms with van der Waals surface area (Å²) in [5, 5.41) is 10.8. The van der Waals surface area contributed by atoms with Gasteiger partial charge in [0.25, 0.3) is 5.91 Å². The summed E-state index contributed by atoms with van der Waals surface area (Å²) in [5.41, 5.74) is 3.34. The Bertz CT molecular complexity index is 1450. The van der Waals surface area contributed by atoms with Crippen LogP contribution in [0.1, 0.15) is 23.1 Å². The van der Waals surface area contributed by atoms with Gasteiger partial charge in [-0.05, 0) is 55.5 Å². The van der Waals surface area contributed by atoms with E-state index in [1.54, 1.807) is 59.4 Å². The van der Waals surface area contributed by atoms with Crippen LogP contribution in [0.2, 0.25) is 0 Å². The number of amides is 4. The normalized spacial score (nSPS) is 10.4. The van der Waals surface area contributed by atoms with Crippen molar-refractivity contribution in [2.45, 2.75) is 13.8 Å². The van der Waals surface area contributed by atoms with Crippen LogP contribution in [-0.2, 0) is 4.79 Å². The van der Waals surface area contributed by atoms with Crippen molar-refractivity contribution in [1.29, 1.82) is 0 Å². The maximum absolute atomic E-state index is 12.7. The van der Waals surface area contributed by atoms with E-state index in [0.29, 0.717) is 28.6 Å². The Morgan fingerprint density at radius 2 is 1.54 bits per heavy atom. The van der Waals surface area contributed by atoms with Crippen molar-refractivity contribution in [2.24, 2.45) is 0 Å². The summed E-state index contributed by atoms with van der Waals surface area (Å²) in [6, 6.07) is 14.7. The highest BCUT2D eigenvalue weighted by Crippen LogP contribution is 2.25. The van der Waals surface area contributed by atoms with E-state index in [0.717, 1.165) is 11.4 Å². The first-order valence-electron chi connectivity index (χ1n) is 11.3. The molecule has 2 aromatic heterocycles. The molecule has 0 spiro atoms. The Morgan fingerprint density at radius 1 is 0.838 bits per heavy atom. The Morgan fingerprint density at radius 3 is 2.19 bits per heavy atom. The number of carbonyl (C=O) groups excluding carboxylic acids is 3. The van der Waals surface area contributed by atoms with Gasteiger partial charge in [-0.3, -0.25) is 14.6 Å². The summed E-state index contributed by atoms with van der Waals surface area (Å²) in [7, 11) is 1.53. The van der Waals surface area contributed by atoms with Gasteiger partial charge in [-0.15, -0.1) is 0 Å². The van der Waals surface area contributed by atoms with Crippen LogP contribution >= 0.6 is 0 Å². The van der Waals surface area contributed by atoms with Crippen LogP contribution < -0.4 is 26.0 Å². The van der Waals surface area contributed by atoms with Gasteiger partial charge in [0, 0.05) is 49.5 Å². The zero-order chi connectivity index (χ0) is 26.4. The number of hydrogen-bond acceptors (Lipinski definition) is 6. The third kappa shape index (κ3) is 6.69. The van der Waals surface area contributed by atoms with Gasteiger partial charge in [-0.1, -0.05) is 0 Å². The van der Waals surface area contributed by atoms with Crippen LogP contribution in [0.15, 0.2) is 73.3 Å². The predicted molar refractivity (Wildman–Crippen MR) is 139 cm³/mol. The topological polar surface area (TPSA) is 139 Å². The third-order valence-electron chi connectivity index (χ3n) is 5.04. The van der Waals surface area contributed by atoms with Crippen molar-refractivity contribution in [1.82, 2.24) is 19.9 Å². The molecule has 0 bridgehead atoms. The highest BCUT2D eigenvalue weighted by Gasteiger charge is 2.10. The zero-order valence-corrected chi connectivity index (χ0v) is 20.4. The van der Waals surface area contributed by atoms with Crippen LogP contribution in [-0.4, -0.2) is 39.4 Å². The zero-order valence-electron chi connectivity index (χ0n) is 20.4. The van der Waals surface area contributed by atoms with E-state index in [4.69, 9.17) is 4.74 Å². The maximum Gasteiger partial charge on any atom is 0.323 e. The van der Waals surface area contributed by atoms with Crippen molar-refractivity contribution in [3.8, 4) is 17.2 Å². The molecule has 0 aliphatic heterocycles. The van der Waals surface area contributed by atoms with Crippen LogP contribution in [0.4, 0.5) is 21.9 Å². The fourth-order valence-electron chi connectivity index (χ4n) is 3.43. The van der Waals surface area contributed by atoms with Gasteiger partial charge in [0.1, 0.15) is 17.2 Å². The molecule has 188 valence electrons. The molecule has 0 aliphatic rings. The third-order valence-corrected chi connectivity index (χ3v) is 5.04. The lowest BCUT2D eigenvalue weighted by Crippen LogP contribution is -2.19. The molecule has 11 nitrogen and oxygen atoms in total. The molecule has 0 saturated carbocycles. The fourth-order valence-corrected chi connectivity index (χ4v) is 3.43.